The lowest BCUT2D eigenvalue weighted by Gasteiger charge is -2.23. The van der Waals surface area contributed by atoms with Gasteiger partial charge in [0.25, 0.3) is 0 Å². The van der Waals surface area contributed by atoms with Crippen LogP contribution in [-0.2, 0) is 17.8 Å². The fourth-order valence-corrected chi connectivity index (χ4v) is 2.30. The van der Waals surface area contributed by atoms with Crippen LogP contribution in [0.25, 0.3) is 0 Å². The maximum Gasteiger partial charge on any atom is 0.138 e. The molecule has 0 aliphatic heterocycles. The molecule has 19 heavy (non-hydrogen) atoms. The number of ketones is 1. The van der Waals surface area contributed by atoms with Crippen LogP contribution in [0.4, 0.5) is 0 Å². The Kier molecular flexibility index (Phi) is 5.73. The first-order valence-electron chi connectivity index (χ1n) is 7.13. The number of aryl methyl sites for hydroxylation is 2. The Morgan fingerprint density at radius 3 is 2.68 bits per heavy atom. The summed E-state index contributed by atoms with van der Waals surface area (Å²) in [4.78, 5) is 12.1. The third kappa shape index (κ3) is 5.15. The average molecular weight is 265 g/mol. The third-order valence-corrected chi connectivity index (χ3v) is 3.57. The highest BCUT2D eigenvalue weighted by Crippen LogP contribution is 2.26. The summed E-state index contributed by atoms with van der Waals surface area (Å²) < 4.78 is 1.91. The van der Waals surface area contributed by atoms with Crippen molar-refractivity contribution in [2.24, 2.45) is 11.1 Å². The minimum absolute atomic E-state index is 0.158. The van der Waals surface area contributed by atoms with Crippen molar-refractivity contribution in [2.75, 3.05) is 6.54 Å². The Bertz CT molecular complexity index is 421. The summed E-state index contributed by atoms with van der Waals surface area (Å²) in [5.41, 5.74) is 7.76. The lowest BCUT2D eigenvalue weighted by molar-refractivity contribution is -0.119. The first-order chi connectivity index (χ1) is 8.88. The minimum Gasteiger partial charge on any atom is -0.330 e. The van der Waals surface area contributed by atoms with Crippen molar-refractivity contribution in [1.29, 1.82) is 0 Å². The van der Waals surface area contributed by atoms with Gasteiger partial charge in [-0.2, -0.15) is 5.10 Å². The number of hydrogen-bond donors (Lipinski definition) is 1. The number of rotatable bonds is 8. The van der Waals surface area contributed by atoms with Crippen molar-refractivity contribution >= 4 is 5.78 Å². The van der Waals surface area contributed by atoms with Gasteiger partial charge in [-0.15, -0.1) is 0 Å². The van der Waals surface area contributed by atoms with Gasteiger partial charge < -0.3 is 5.73 Å². The maximum absolute atomic E-state index is 12.1. The Balaban J connectivity index is 2.51. The van der Waals surface area contributed by atoms with E-state index in [9.17, 15) is 4.79 Å². The van der Waals surface area contributed by atoms with Crippen LogP contribution < -0.4 is 5.73 Å². The van der Waals surface area contributed by atoms with Gasteiger partial charge in [-0.1, -0.05) is 13.8 Å². The molecule has 0 bridgehead atoms. The first-order valence-corrected chi connectivity index (χ1v) is 7.13. The molecule has 0 aliphatic rings. The number of hydrogen-bond acceptors (Lipinski definition) is 3. The van der Waals surface area contributed by atoms with Crippen molar-refractivity contribution in [3.05, 3.63) is 17.5 Å². The van der Waals surface area contributed by atoms with Crippen molar-refractivity contribution in [3.63, 3.8) is 0 Å². The number of nitrogens with two attached hydrogens (primary N) is 1. The van der Waals surface area contributed by atoms with Crippen molar-refractivity contribution < 1.29 is 4.79 Å². The molecule has 0 aliphatic carbocycles. The Morgan fingerprint density at radius 1 is 1.42 bits per heavy atom. The van der Waals surface area contributed by atoms with Crippen LogP contribution in [0, 0.1) is 12.3 Å². The van der Waals surface area contributed by atoms with Crippen LogP contribution in [0.5, 0.6) is 0 Å². The van der Waals surface area contributed by atoms with Gasteiger partial charge >= 0.3 is 0 Å². The molecule has 0 saturated carbocycles. The van der Waals surface area contributed by atoms with E-state index in [1.807, 2.05) is 24.6 Å². The highest BCUT2D eigenvalue weighted by atomic mass is 16.1. The quantitative estimate of drug-likeness (QED) is 0.785. The molecule has 0 saturated heterocycles. The zero-order valence-electron chi connectivity index (χ0n) is 12.7. The van der Waals surface area contributed by atoms with Gasteiger partial charge in [0.15, 0.2) is 0 Å². The topological polar surface area (TPSA) is 60.9 Å². The number of carbonyl (C=O) groups excluding carboxylic acids is 1. The first kappa shape index (κ1) is 15.9. The van der Waals surface area contributed by atoms with Crippen LogP contribution in [0.1, 0.15) is 51.4 Å². The highest BCUT2D eigenvalue weighted by molar-refractivity contribution is 5.80. The Hall–Kier alpha value is -1.16. The van der Waals surface area contributed by atoms with Crippen LogP contribution in [0.2, 0.25) is 0 Å². The molecule has 4 nitrogen and oxygen atoms in total. The van der Waals surface area contributed by atoms with Gasteiger partial charge in [0.05, 0.1) is 5.69 Å². The van der Waals surface area contributed by atoms with E-state index < -0.39 is 0 Å². The van der Waals surface area contributed by atoms with Gasteiger partial charge in [-0.3, -0.25) is 9.48 Å². The normalized spacial score (nSPS) is 11.8. The molecule has 2 N–H and O–H groups in total. The van der Waals surface area contributed by atoms with E-state index >= 15 is 0 Å². The van der Waals surface area contributed by atoms with Crippen LogP contribution in [0.15, 0.2) is 6.07 Å². The van der Waals surface area contributed by atoms with Crippen LogP contribution in [0.3, 0.4) is 0 Å². The van der Waals surface area contributed by atoms with Gasteiger partial charge in [0.1, 0.15) is 5.78 Å². The molecule has 1 heterocycles. The maximum atomic E-state index is 12.1. The largest absolute Gasteiger partial charge is 0.330 e. The lowest BCUT2D eigenvalue weighted by atomic mass is 9.83. The number of Topliss-reactive ketones (excluding diaryl/α,β-unsaturated/α-hetero) is 1. The zero-order valence-corrected chi connectivity index (χ0v) is 12.7. The molecule has 0 aromatic carbocycles. The standard InChI is InChI=1S/C15H27N3O/c1-5-18-13(10-12(2)17-18)11-14(19)6-7-15(3,4)8-9-16/h10H,5-9,11,16H2,1-4H3. The highest BCUT2D eigenvalue weighted by Gasteiger charge is 2.19. The molecule has 4 heteroatoms. The summed E-state index contributed by atoms with van der Waals surface area (Å²) >= 11 is 0. The fourth-order valence-electron chi connectivity index (χ4n) is 2.30. The van der Waals surface area contributed by atoms with Crippen LogP contribution in [-0.4, -0.2) is 22.1 Å². The second kappa shape index (κ2) is 6.85. The summed E-state index contributed by atoms with van der Waals surface area (Å²) in [6, 6.07) is 2.01. The predicted octanol–water partition coefficient (Wildman–Crippen LogP) is 2.48. The SMILES string of the molecule is CCn1nc(C)cc1CC(=O)CCC(C)(C)CCN. The minimum atomic E-state index is 0.158. The van der Waals surface area contributed by atoms with E-state index in [2.05, 4.69) is 18.9 Å². The smallest absolute Gasteiger partial charge is 0.138 e. The monoisotopic (exact) mass is 265 g/mol. The molecule has 0 amide bonds. The summed E-state index contributed by atoms with van der Waals surface area (Å²) in [6.07, 6.45) is 2.99. The molecule has 108 valence electrons. The summed E-state index contributed by atoms with van der Waals surface area (Å²) in [5, 5.41) is 4.37. The fraction of sp³-hybridized carbons (Fsp3) is 0.733. The molecule has 1 aromatic rings. The molecule has 0 fully saturated rings. The lowest BCUT2D eigenvalue weighted by Crippen LogP contribution is -2.19. The van der Waals surface area contributed by atoms with Crippen molar-refractivity contribution in [1.82, 2.24) is 9.78 Å². The van der Waals surface area contributed by atoms with Gasteiger partial charge in [-0.05, 0) is 44.7 Å². The molecule has 0 unspecified atom stereocenters. The van der Waals surface area contributed by atoms with E-state index in [-0.39, 0.29) is 5.41 Å². The summed E-state index contributed by atoms with van der Waals surface area (Å²) in [5.74, 6) is 0.291. The van der Waals surface area contributed by atoms with Gasteiger partial charge in [0.2, 0.25) is 0 Å². The third-order valence-electron chi connectivity index (χ3n) is 3.57. The summed E-state index contributed by atoms with van der Waals surface area (Å²) in [6.45, 7) is 9.86. The number of nitrogens with zero attached hydrogens (tertiary/aromatic N) is 2. The second-order valence-electron chi connectivity index (χ2n) is 6.01. The predicted molar refractivity (Wildman–Crippen MR) is 78.0 cm³/mol. The molecule has 0 spiro atoms. The molecular formula is C15H27N3O. The van der Waals surface area contributed by atoms with E-state index in [0.29, 0.717) is 25.2 Å². The van der Waals surface area contributed by atoms with Gasteiger partial charge in [0, 0.05) is 25.1 Å². The average Bonchev–Trinajstić information content (AvgIpc) is 2.67. The number of aromatic nitrogens is 2. The zero-order chi connectivity index (χ0) is 14.5. The molecule has 0 atom stereocenters. The molecule has 1 aromatic heterocycles. The van der Waals surface area contributed by atoms with E-state index in [1.165, 1.54) is 0 Å². The van der Waals surface area contributed by atoms with Crippen molar-refractivity contribution in [3.8, 4) is 0 Å². The molecular weight excluding hydrogens is 238 g/mol. The van der Waals surface area contributed by atoms with Crippen LogP contribution >= 0.6 is 0 Å². The second-order valence-corrected chi connectivity index (χ2v) is 6.01. The molecule has 0 radical (unpaired) electrons. The Labute approximate surface area is 116 Å². The molecule has 1 rings (SSSR count). The summed E-state index contributed by atoms with van der Waals surface area (Å²) in [7, 11) is 0. The van der Waals surface area contributed by atoms with Crippen molar-refractivity contribution in [2.45, 2.75) is 59.9 Å². The van der Waals surface area contributed by atoms with Gasteiger partial charge in [-0.25, -0.2) is 0 Å². The van der Waals surface area contributed by atoms with E-state index in [1.54, 1.807) is 0 Å². The Morgan fingerprint density at radius 2 is 2.11 bits per heavy atom. The van der Waals surface area contributed by atoms with E-state index in [0.717, 1.165) is 30.8 Å². The number of carbonyl (C=O) groups is 1. The van der Waals surface area contributed by atoms with E-state index in [4.69, 9.17) is 5.73 Å².